The van der Waals surface area contributed by atoms with Gasteiger partial charge in [-0.05, 0) is 33.1 Å². The van der Waals surface area contributed by atoms with Crippen LogP contribution >= 0.6 is 0 Å². The van der Waals surface area contributed by atoms with Gasteiger partial charge in [-0.2, -0.15) is 0 Å². The van der Waals surface area contributed by atoms with E-state index >= 15 is 0 Å². The summed E-state index contributed by atoms with van der Waals surface area (Å²) in [5.74, 6) is 0.159. The second kappa shape index (κ2) is 2.70. The highest BCUT2D eigenvalue weighted by Gasteiger charge is 2.32. The fourth-order valence-electron chi connectivity index (χ4n) is 1.21. The third kappa shape index (κ3) is 1.37. The van der Waals surface area contributed by atoms with Crippen molar-refractivity contribution in [2.24, 2.45) is 0 Å². The fourth-order valence-corrected chi connectivity index (χ4v) is 1.21. The molecule has 0 aromatic heterocycles. The molecule has 2 nitrogen and oxygen atoms in total. The molecule has 0 spiro atoms. The van der Waals surface area contributed by atoms with Crippen molar-refractivity contribution in [3.05, 3.63) is 0 Å². The van der Waals surface area contributed by atoms with Gasteiger partial charge in [-0.25, -0.2) is 0 Å². The molecule has 1 saturated heterocycles. The van der Waals surface area contributed by atoms with Gasteiger partial charge in [-0.15, -0.1) is 0 Å². The molecule has 2 heteroatoms. The largest absolute Gasteiger partial charge is 0.368 e. The number of ketones is 1. The summed E-state index contributed by atoms with van der Waals surface area (Å²) in [6, 6.07) is 0. The average Bonchev–Trinajstić information content (AvgIpc) is 1.89. The number of rotatable bonds is 1. The van der Waals surface area contributed by atoms with E-state index in [-0.39, 0.29) is 5.78 Å². The Bertz CT molecular complexity index is 134. The van der Waals surface area contributed by atoms with Crippen molar-refractivity contribution in [2.45, 2.75) is 38.7 Å². The number of hydrogen-bond donors (Lipinski definition) is 0. The quantitative estimate of drug-likeness (QED) is 0.555. The molecule has 1 rings (SSSR count). The van der Waals surface area contributed by atoms with Crippen molar-refractivity contribution < 1.29 is 9.53 Å². The third-order valence-electron chi connectivity index (χ3n) is 2.21. The highest BCUT2D eigenvalue weighted by atomic mass is 16.5. The molecule has 0 aromatic carbocycles. The van der Waals surface area contributed by atoms with Crippen LogP contribution in [0.25, 0.3) is 0 Å². The summed E-state index contributed by atoms with van der Waals surface area (Å²) < 4.78 is 5.38. The van der Waals surface area contributed by atoms with E-state index in [2.05, 4.69) is 0 Å². The van der Waals surface area contributed by atoms with Gasteiger partial charge in [0.15, 0.2) is 5.78 Å². The minimum absolute atomic E-state index is 0.159. The standard InChI is InChI=1S/C8H14O2/c1-7(9)8(2)5-3-4-6-10-8/h3-6H2,1-2H3/t8-/m1/s1. The Hall–Kier alpha value is -0.370. The molecular weight excluding hydrogens is 128 g/mol. The third-order valence-corrected chi connectivity index (χ3v) is 2.21. The van der Waals surface area contributed by atoms with Crippen LogP contribution in [0.5, 0.6) is 0 Å². The lowest BCUT2D eigenvalue weighted by Crippen LogP contribution is -2.39. The molecule has 0 unspecified atom stereocenters. The molecule has 1 atom stereocenters. The highest BCUT2D eigenvalue weighted by Crippen LogP contribution is 2.24. The molecule has 1 heterocycles. The Morgan fingerprint density at radius 3 is 2.50 bits per heavy atom. The Labute approximate surface area is 61.6 Å². The summed E-state index contributed by atoms with van der Waals surface area (Å²) in [5, 5.41) is 0. The van der Waals surface area contributed by atoms with Crippen LogP contribution in [0.1, 0.15) is 33.1 Å². The zero-order valence-corrected chi connectivity index (χ0v) is 6.64. The van der Waals surface area contributed by atoms with Gasteiger partial charge in [-0.3, -0.25) is 4.79 Å². The van der Waals surface area contributed by atoms with E-state index in [1.165, 1.54) is 0 Å². The number of carbonyl (C=O) groups is 1. The molecule has 0 N–H and O–H groups in total. The Morgan fingerprint density at radius 2 is 2.20 bits per heavy atom. The molecule has 0 amide bonds. The number of Topliss-reactive ketones (excluding diaryl/α,β-unsaturated/α-hetero) is 1. The van der Waals surface area contributed by atoms with Crippen molar-refractivity contribution in [2.75, 3.05) is 6.61 Å². The first-order valence-electron chi connectivity index (χ1n) is 3.80. The molecule has 1 aliphatic rings. The summed E-state index contributed by atoms with van der Waals surface area (Å²) in [6.07, 6.45) is 3.11. The lowest BCUT2D eigenvalue weighted by atomic mass is 9.92. The number of carbonyl (C=O) groups excluding carboxylic acids is 1. The Kier molecular flexibility index (Phi) is 2.09. The summed E-state index contributed by atoms with van der Waals surface area (Å²) >= 11 is 0. The molecule has 0 aliphatic carbocycles. The summed E-state index contributed by atoms with van der Waals surface area (Å²) in [7, 11) is 0. The van der Waals surface area contributed by atoms with Crippen molar-refractivity contribution >= 4 is 5.78 Å². The number of ether oxygens (including phenoxy) is 1. The van der Waals surface area contributed by atoms with Crippen molar-refractivity contribution in [3.63, 3.8) is 0 Å². The predicted octanol–water partition coefficient (Wildman–Crippen LogP) is 1.53. The maximum atomic E-state index is 11.0. The van der Waals surface area contributed by atoms with Crippen molar-refractivity contribution in [3.8, 4) is 0 Å². The van der Waals surface area contributed by atoms with Crippen LogP contribution in [0, 0.1) is 0 Å². The normalized spacial score (nSPS) is 33.8. The van der Waals surface area contributed by atoms with Crippen LogP contribution in [0.3, 0.4) is 0 Å². The first kappa shape index (κ1) is 7.73. The van der Waals surface area contributed by atoms with Gasteiger partial charge in [0.2, 0.25) is 0 Å². The molecular formula is C8H14O2. The van der Waals surface area contributed by atoms with Crippen LogP contribution in [-0.2, 0) is 9.53 Å². The zero-order chi connectivity index (χ0) is 7.61. The van der Waals surface area contributed by atoms with E-state index in [9.17, 15) is 4.79 Å². The van der Waals surface area contributed by atoms with E-state index < -0.39 is 5.60 Å². The van der Waals surface area contributed by atoms with Crippen LogP contribution in [0.15, 0.2) is 0 Å². The molecule has 0 aromatic rings. The van der Waals surface area contributed by atoms with E-state index in [1.807, 2.05) is 6.92 Å². The predicted molar refractivity (Wildman–Crippen MR) is 38.9 cm³/mol. The minimum Gasteiger partial charge on any atom is -0.368 e. The molecule has 1 fully saturated rings. The second-order valence-electron chi connectivity index (χ2n) is 3.09. The van der Waals surface area contributed by atoms with Crippen LogP contribution in [0.2, 0.25) is 0 Å². The average molecular weight is 142 g/mol. The summed E-state index contributed by atoms with van der Waals surface area (Å²) in [5.41, 5.74) is -0.460. The lowest BCUT2D eigenvalue weighted by Gasteiger charge is -2.31. The second-order valence-corrected chi connectivity index (χ2v) is 3.09. The highest BCUT2D eigenvalue weighted by molar-refractivity contribution is 5.84. The Morgan fingerprint density at radius 1 is 1.50 bits per heavy atom. The number of hydrogen-bond acceptors (Lipinski definition) is 2. The smallest absolute Gasteiger partial charge is 0.161 e. The van der Waals surface area contributed by atoms with E-state index in [1.54, 1.807) is 6.92 Å². The molecule has 0 radical (unpaired) electrons. The van der Waals surface area contributed by atoms with Gasteiger partial charge in [0.05, 0.1) is 0 Å². The lowest BCUT2D eigenvalue weighted by molar-refractivity contribution is -0.145. The zero-order valence-electron chi connectivity index (χ0n) is 6.64. The van der Waals surface area contributed by atoms with Gasteiger partial charge in [0.1, 0.15) is 5.60 Å². The first-order valence-corrected chi connectivity index (χ1v) is 3.80. The van der Waals surface area contributed by atoms with Gasteiger partial charge in [0, 0.05) is 6.61 Å². The Balaban J connectivity index is 2.56. The first-order chi connectivity index (χ1) is 4.65. The van der Waals surface area contributed by atoms with Gasteiger partial charge in [0.25, 0.3) is 0 Å². The van der Waals surface area contributed by atoms with Crippen molar-refractivity contribution in [1.29, 1.82) is 0 Å². The topological polar surface area (TPSA) is 26.3 Å². The molecule has 10 heavy (non-hydrogen) atoms. The van der Waals surface area contributed by atoms with E-state index in [4.69, 9.17) is 4.74 Å². The van der Waals surface area contributed by atoms with Crippen LogP contribution in [0.4, 0.5) is 0 Å². The van der Waals surface area contributed by atoms with E-state index in [0.29, 0.717) is 0 Å². The molecule has 1 aliphatic heterocycles. The molecule has 58 valence electrons. The maximum Gasteiger partial charge on any atom is 0.161 e. The minimum atomic E-state index is -0.460. The summed E-state index contributed by atoms with van der Waals surface area (Å²) in [4.78, 5) is 11.0. The summed E-state index contributed by atoms with van der Waals surface area (Å²) in [6.45, 7) is 4.23. The van der Waals surface area contributed by atoms with E-state index in [0.717, 1.165) is 25.9 Å². The SMILES string of the molecule is CC(=O)[C@@]1(C)CCCCO1. The van der Waals surface area contributed by atoms with Gasteiger partial charge in [-0.1, -0.05) is 0 Å². The maximum absolute atomic E-state index is 11.0. The molecule has 0 bridgehead atoms. The monoisotopic (exact) mass is 142 g/mol. The van der Waals surface area contributed by atoms with Gasteiger partial charge >= 0.3 is 0 Å². The van der Waals surface area contributed by atoms with Crippen molar-refractivity contribution in [1.82, 2.24) is 0 Å². The van der Waals surface area contributed by atoms with Crippen LogP contribution in [-0.4, -0.2) is 18.0 Å². The van der Waals surface area contributed by atoms with Crippen LogP contribution < -0.4 is 0 Å². The fraction of sp³-hybridized carbons (Fsp3) is 0.875. The van der Waals surface area contributed by atoms with Gasteiger partial charge < -0.3 is 4.74 Å². The molecule has 0 saturated carbocycles.